The molecule has 0 saturated carbocycles. The number of benzene rings is 1. The van der Waals surface area contributed by atoms with Gasteiger partial charge in [-0.25, -0.2) is 0 Å². The maximum Gasteiger partial charge on any atom is 0.0994 e. The Bertz CT molecular complexity index is 384. The molecule has 1 saturated heterocycles. The van der Waals surface area contributed by atoms with Crippen molar-refractivity contribution >= 4 is 5.69 Å². The van der Waals surface area contributed by atoms with Gasteiger partial charge in [0.25, 0.3) is 0 Å². The molecular weight excluding hydrogens is 184 g/mol. The van der Waals surface area contributed by atoms with Crippen LogP contribution in [0.1, 0.15) is 30.4 Å². The lowest BCUT2D eigenvalue weighted by Crippen LogP contribution is -2.29. The number of anilines is 1. The summed E-state index contributed by atoms with van der Waals surface area (Å²) in [5.41, 5.74) is 3.14. The van der Waals surface area contributed by atoms with Crippen molar-refractivity contribution in [3.63, 3.8) is 0 Å². The van der Waals surface area contributed by atoms with E-state index in [1.54, 1.807) is 0 Å². The van der Waals surface area contributed by atoms with Crippen LogP contribution in [0.5, 0.6) is 0 Å². The van der Waals surface area contributed by atoms with Crippen LogP contribution in [0.3, 0.4) is 0 Å². The van der Waals surface area contributed by atoms with Gasteiger partial charge >= 0.3 is 0 Å². The van der Waals surface area contributed by atoms with Crippen LogP contribution in [0.4, 0.5) is 5.69 Å². The van der Waals surface area contributed by atoms with Gasteiger partial charge in [-0.15, -0.1) is 0 Å². The summed E-state index contributed by atoms with van der Waals surface area (Å²) in [4.78, 5) is 2.41. The first-order valence-corrected chi connectivity index (χ1v) is 5.57. The van der Waals surface area contributed by atoms with Crippen LogP contribution in [-0.2, 0) is 0 Å². The summed E-state index contributed by atoms with van der Waals surface area (Å²) in [5, 5.41) is 8.86. The first-order chi connectivity index (χ1) is 7.31. The van der Waals surface area contributed by atoms with Crippen LogP contribution in [0.25, 0.3) is 0 Å². The highest BCUT2D eigenvalue weighted by Gasteiger charge is 2.11. The fraction of sp³-hybridized carbons (Fsp3) is 0.462. The molecule has 15 heavy (non-hydrogen) atoms. The number of nitrogens with zero attached hydrogens (tertiary/aromatic N) is 2. The van der Waals surface area contributed by atoms with E-state index in [1.165, 1.54) is 24.9 Å². The Hall–Kier alpha value is -1.49. The summed E-state index contributed by atoms with van der Waals surface area (Å²) in [6.07, 6.45) is 3.93. The SMILES string of the molecule is Cc1cc(N2CCCCC2)ccc1C#N. The monoisotopic (exact) mass is 200 g/mol. The Balaban J connectivity index is 2.22. The summed E-state index contributed by atoms with van der Waals surface area (Å²) in [5.74, 6) is 0. The first-order valence-electron chi connectivity index (χ1n) is 5.57. The quantitative estimate of drug-likeness (QED) is 0.697. The Kier molecular flexibility index (Phi) is 2.91. The molecule has 78 valence electrons. The molecule has 2 rings (SSSR count). The minimum atomic E-state index is 0.788. The Morgan fingerprint density at radius 3 is 2.53 bits per heavy atom. The summed E-state index contributed by atoms with van der Waals surface area (Å²) in [6.45, 7) is 4.32. The molecule has 0 aromatic heterocycles. The van der Waals surface area contributed by atoms with Crippen molar-refractivity contribution in [1.29, 1.82) is 5.26 Å². The standard InChI is InChI=1S/C13H16N2/c1-11-9-13(6-5-12(11)10-14)15-7-3-2-4-8-15/h5-6,9H,2-4,7-8H2,1H3. The predicted molar refractivity (Wildman–Crippen MR) is 62.0 cm³/mol. The van der Waals surface area contributed by atoms with E-state index in [1.807, 2.05) is 13.0 Å². The fourth-order valence-electron chi connectivity index (χ4n) is 2.12. The topological polar surface area (TPSA) is 27.0 Å². The normalized spacial score (nSPS) is 16.1. The maximum atomic E-state index is 8.86. The van der Waals surface area contributed by atoms with E-state index in [0.29, 0.717) is 0 Å². The number of piperidine rings is 1. The van der Waals surface area contributed by atoms with Crippen molar-refractivity contribution in [1.82, 2.24) is 0 Å². The van der Waals surface area contributed by atoms with Crippen LogP contribution < -0.4 is 4.90 Å². The van der Waals surface area contributed by atoms with Gasteiger partial charge in [-0.05, 0) is 49.9 Å². The van der Waals surface area contributed by atoms with Crippen LogP contribution in [-0.4, -0.2) is 13.1 Å². The average Bonchev–Trinajstić information content (AvgIpc) is 2.30. The highest BCUT2D eigenvalue weighted by atomic mass is 15.1. The summed E-state index contributed by atoms with van der Waals surface area (Å²) in [7, 11) is 0. The van der Waals surface area contributed by atoms with E-state index in [-0.39, 0.29) is 0 Å². The molecule has 0 aliphatic carbocycles. The lowest BCUT2D eigenvalue weighted by molar-refractivity contribution is 0.578. The molecule has 0 N–H and O–H groups in total. The molecule has 0 spiro atoms. The van der Waals surface area contributed by atoms with Gasteiger partial charge in [0.2, 0.25) is 0 Å². The molecule has 2 nitrogen and oxygen atoms in total. The number of aryl methyl sites for hydroxylation is 1. The second-order valence-corrected chi connectivity index (χ2v) is 4.16. The second kappa shape index (κ2) is 4.35. The number of hydrogen-bond donors (Lipinski definition) is 0. The first kappa shape index (κ1) is 10.0. The lowest BCUT2D eigenvalue weighted by Gasteiger charge is -2.29. The van der Waals surface area contributed by atoms with Crippen molar-refractivity contribution in [2.45, 2.75) is 26.2 Å². The fourth-order valence-corrected chi connectivity index (χ4v) is 2.12. The van der Waals surface area contributed by atoms with Gasteiger partial charge in [-0.3, -0.25) is 0 Å². The highest BCUT2D eigenvalue weighted by Crippen LogP contribution is 2.22. The lowest BCUT2D eigenvalue weighted by atomic mass is 10.1. The predicted octanol–water partition coefficient (Wildman–Crippen LogP) is 2.86. The van der Waals surface area contributed by atoms with Crippen LogP contribution in [0.15, 0.2) is 18.2 Å². The third-order valence-corrected chi connectivity index (χ3v) is 3.05. The van der Waals surface area contributed by atoms with Crippen molar-refractivity contribution in [3.8, 4) is 6.07 Å². The molecule has 1 heterocycles. The number of rotatable bonds is 1. The zero-order valence-corrected chi connectivity index (χ0v) is 9.16. The zero-order valence-electron chi connectivity index (χ0n) is 9.16. The van der Waals surface area contributed by atoms with Gasteiger partial charge in [0.1, 0.15) is 0 Å². The van der Waals surface area contributed by atoms with Gasteiger partial charge in [-0.2, -0.15) is 5.26 Å². The molecule has 1 fully saturated rings. The molecule has 0 atom stereocenters. The summed E-state index contributed by atoms with van der Waals surface area (Å²) < 4.78 is 0. The molecule has 0 bridgehead atoms. The third kappa shape index (κ3) is 2.12. The van der Waals surface area contributed by atoms with E-state index in [0.717, 1.165) is 24.2 Å². The van der Waals surface area contributed by atoms with Crippen molar-refractivity contribution in [2.24, 2.45) is 0 Å². The van der Waals surface area contributed by atoms with E-state index in [9.17, 15) is 0 Å². The Morgan fingerprint density at radius 1 is 1.20 bits per heavy atom. The van der Waals surface area contributed by atoms with Crippen LogP contribution in [0, 0.1) is 18.3 Å². The van der Waals surface area contributed by atoms with Crippen molar-refractivity contribution in [3.05, 3.63) is 29.3 Å². The maximum absolute atomic E-state index is 8.86. The Morgan fingerprint density at radius 2 is 1.93 bits per heavy atom. The van der Waals surface area contributed by atoms with Crippen molar-refractivity contribution < 1.29 is 0 Å². The number of hydrogen-bond acceptors (Lipinski definition) is 2. The molecular formula is C13H16N2. The van der Waals surface area contributed by atoms with Gasteiger partial charge in [0, 0.05) is 18.8 Å². The summed E-state index contributed by atoms with van der Waals surface area (Å²) in [6, 6.07) is 8.33. The molecule has 1 aromatic carbocycles. The van der Waals surface area contributed by atoms with Gasteiger partial charge < -0.3 is 4.90 Å². The minimum Gasteiger partial charge on any atom is -0.372 e. The molecule has 1 aliphatic heterocycles. The molecule has 0 amide bonds. The van der Waals surface area contributed by atoms with Gasteiger partial charge in [0.05, 0.1) is 11.6 Å². The zero-order chi connectivity index (χ0) is 10.7. The number of nitriles is 1. The molecule has 1 aliphatic rings. The molecule has 0 radical (unpaired) electrons. The van der Waals surface area contributed by atoms with Gasteiger partial charge in [0.15, 0.2) is 0 Å². The smallest absolute Gasteiger partial charge is 0.0994 e. The van der Waals surface area contributed by atoms with E-state index in [4.69, 9.17) is 5.26 Å². The Labute approximate surface area is 91.1 Å². The second-order valence-electron chi connectivity index (χ2n) is 4.16. The highest BCUT2D eigenvalue weighted by molar-refractivity contribution is 5.53. The largest absolute Gasteiger partial charge is 0.372 e. The van der Waals surface area contributed by atoms with Crippen LogP contribution in [0.2, 0.25) is 0 Å². The van der Waals surface area contributed by atoms with E-state index < -0.39 is 0 Å². The minimum absolute atomic E-state index is 0.788. The van der Waals surface area contributed by atoms with E-state index >= 15 is 0 Å². The van der Waals surface area contributed by atoms with Crippen molar-refractivity contribution in [2.75, 3.05) is 18.0 Å². The van der Waals surface area contributed by atoms with Gasteiger partial charge in [-0.1, -0.05) is 0 Å². The molecule has 2 heteroatoms. The van der Waals surface area contributed by atoms with E-state index in [2.05, 4.69) is 23.1 Å². The molecule has 1 aromatic rings. The summed E-state index contributed by atoms with van der Waals surface area (Å²) >= 11 is 0. The molecule has 0 unspecified atom stereocenters. The average molecular weight is 200 g/mol. The third-order valence-electron chi connectivity index (χ3n) is 3.05. The van der Waals surface area contributed by atoms with Crippen LogP contribution >= 0.6 is 0 Å².